The van der Waals surface area contributed by atoms with E-state index in [1.165, 1.54) is 22.6 Å². The number of rotatable bonds is 10. The molecule has 2 N–H and O–H groups in total. The van der Waals surface area contributed by atoms with Gasteiger partial charge in [-0.1, -0.05) is 0 Å². The first-order chi connectivity index (χ1) is 11.2. The minimum Gasteiger partial charge on any atom is -0.381 e. The fourth-order valence-corrected chi connectivity index (χ4v) is 3.41. The van der Waals surface area contributed by atoms with Crippen molar-refractivity contribution in [1.29, 1.82) is 0 Å². The van der Waals surface area contributed by atoms with E-state index in [9.17, 15) is 0 Å². The molecule has 0 radical (unpaired) electrons. The smallest absolute Gasteiger partial charge is 0.191 e. The number of thiophene rings is 1. The first-order valence-electron chi connectivity index (χ1n) is 8.85. The lowest BCUT2D eigenvalue weighted by atomic mass is 10.2. The molecule has 0 bridgehead atoms. The molecule has 0 amide bonds. The Morgan fingerprint density at radius 1 is 1.43 bits per heavy atom. The maximum absolute atomic E-state index is 5.65. The van der Waals surface area contributed by atoms with Crippen LogP contribution in [0.25, 0.3) is 0 Å². The Bertz CT molecular complexity index is 482. The van der Waals surface area contributed by atoms with Crippen molar-refractivity contribution in [2.45, 2.75) is 52.5 Å². The summed E-state index contributed by atoms with van der Waals surface area (Å²) < 4.78 is 5.65. The maximum Gasteiger partial charge on any atom is 0.191 e. The highest BCUT2D eigenvalue weighted by Gasteiger charge is 2.20. The molecule has 23 heavy (non-hydrogen) atoms. The van der Waals surface area contributed by atoms with E-state index in [2.05, 4.69) is 48.5 Å². The van der Waals surface area contributed by atoms with Gasteiger partial charge in [-0.3, -0.25) is 4.99 Å². The van der Waals surface area contributed by atoms with Crippen LogP contribution in [0.4, 0.5) is 0 Å². The highest BCUT2D eigenvalue weighted by molar-refractivity contribution is 7.11. The van der Waals surface area contributed by atoms with Gasteiger partial charge in [-0.05, 0) is 58.1 Å². The van der Waals surface area contributed by atoms with Crippen LogP contribution < -0.4 is 10.6 Å². The summed E-state index contributed by atoms with van der Waals surface area (Å²) in [5.41, 5.74) is 0. The van der Waals surface area contributed by atoms with Gasteiger partial charge in [0.1, 0.15) is 0 Å². The van der Waals surface area contributed by atoms with Gasteiger partial charge >= 0.3 is 0 Å². The SMILES string of the molecule is CCNC(=NCCCOCC1CC1)NC(C)Cc1ccc(C)s1. The quantitative estimate of drug-likeness (QED) is 0.391. The lowest BCUT2D eigenvalue weighted by Crippen LogP contribution is -2.43. The number of hydrogen-bond donors (Lipinski definition) is 2. The Balaban J connectivity index is 1.66. The fourth-order valence-electron chi connectivity index (χ4n) is 2.39. The number of hydrogen-bond acceptors (Lipinski definition) is 3. The van der Waals surface area contributed by atoms with E-state index >= 15 is 0 Å². The first kappa shape index (κ1) is 18.3. The van der Waals surface area contributed by atoms with Crippen molar-refractivity contribution in [2.24, 2.45) is 10.9 Å². The maximum atomic E-state index is 5.65. The van der Waals surface area contributed by atoms with Gasteiger partial charge in [0.05, 0.1) is 0 Å². The van der Waals surface area contributed by atoms with E-state index in [1.807, 2.05) is 11.3 Å². The van der Waals surface area contributed by atoms with Crippen LogP contribution in [0, 0.1) is 12.8 Å². The molecule has 1 aromatic heterocycles. The zero-order valence-corrected chi connectivity index (χ0v) is 15.5. The lowest BCUT2D eigenvalue weighted by Gasteiger charge is -2.17. The molecular weight excluding hydrogens is 306 g/mol. The van der Waals surface area contributed by atoms with Crippen LogP contribution in [-0.2, 0) is 11.2 Å². The molecule has 2 rings (SSSR count). The zero-order valence-electron chi connectivity index (χ0n) is 14.7. The van der Waals surface area contributed by atoms with Gasteiger partial charge in [-0.2, -0.15) is 0 Å². The number of aliphatic imine (C=N–C) groups is 1. The van der Waals surface area contributed by atoms with Gasteiger partial charge < -0.3 is 15.4 Å². The van der Waals surface area contributed by atoms with Crippen LogP contribution in [0.15, 0.2) is 17.1 Å². The van der Waals surface area contributed by atoms with Crippen LogP contribution in [-0.4, -0.2) is 38.3 Å². The number of ether oxygens (including phenoxy) is 1. The van der Waals surface area contributed by atoms with E-state index < -0.39 is 0 Å². The Kier molecular flexibility index (Phi) is 7.89. The predicted octanol–water partition coefficient (Wildman–Crippen LogP) is 3.36. The van der Waals surface area contributed by atoms with Crippen LogP contribution in [0.2, 0.25) is 0 Å². The van der Waals surface area contributed by atoms with Crippen molar-refractivity contribution in [1.82, 2.24) is 10.6 Å². The molecule has 1 aliphatic rings. The molecule has 1 saturated carbocycles. The minimum absolute atomic E-state index is 0.372. The molecule has 1 aromatic rings. The van der Waals surface area contributed by atoms with Gasteiger partial charge in [-0.25, -0.2) is 0 Å². The number of guanidine groups is 1. The van der Waals surface area contributed by atoms with Crippen molar-refractivity contribution >= 4 is 17.3 Å². The van der Waals surface area contributed by atoms with Crippen LogP contribution >= 0.6 is 11.3 Å². The normalized spacial score (nSPS) is 16.4. The summed E-state index contributed by atoms with van der Waals surface area (Å²) in [6.45, 7) is 9.93. The molecule has 1 aliphatic carbocycles. The summed E-state index contributed by atoms with van der Waals surface area (Å²) in [5.74, 6) is 1.76. The third kappa shape index (κ3) is 7.84. The molecule has 5 heteroatoms. The largest absolute Gasteiger partial charge is 0.381 e. The van der Waals surface area contributed by atoms with Crippen molar-refractivity contribution in [3.63, 3.8) is 0 Å². The van der Waals surface area contributed by atoms with Crippen molar-refractivity contribution in [2.75, 3.05) is 26.3 Å². The Labute approximate surface area is 144 Å². The summed E-state index contributed by atoms with van der Waals surface area (Å²) in [6, 6.07) is 4.78. The zero-order chi connectivity index (χ0) is 16.5. The second kappa shape index (κ2) is 9.93. The summed E-state index contributed by atoms with van der Waals surface area (Å²) in [4.78, 5) is 7.45. The standard InChI is InChI=1S/C18H31N3OS/c1-4-19-18(20-10-5-11-22-13-16-7-8-16)21-14(2)12-17-9-6-15(3)23-17/h6,9,14,16H,4-5,7-8,10-13H2,1-3H3,(H2,19,20,21). The van der Waals surface area contributed by atoms with E-state index in [0.29, 0.717) is 6.04 Å². The average molecular weight is 338 g/mol. The van der Waals surface area contributed by atoms with Gasteiger partial charge in [0, 0.05) is 48.5 Å². The van der Waals surface area contributed by atoms with Crippen LogP contribution in [0.5, 0.6) is 0 Å². The molecule has 1 unspecified atom stereocenters. The van der Waals surface area contributed by atoms with Crippen LogP contribution in [0.1, 0.15) is 42.9 Å². The summed E-state index contributed by atoms with van der Waals surface area (Å²) >= 11 is 1.87. The monoisotopic (exact) mass is 337 g/mol. The van der Waals surface area contributed by atoms with Gasteiger partial charge in [0.25, 0.3) is 0 Å². The molecule has 1 heterocycles. The second-order valence-electron chi connectivity index (χ2n) is 6.39. The third-order valence-corrected chi connectivity index (χ3v) is 4.82. The first-order valence-corrected chi connectivity index (χ1v) is 9.67. The lowest BCUT2D eigenvalue weighted by molar-refractivity contribution is 0.123. The van der Waals surface area contributed by atoms with Crippen molar-refractivity contribution < 1.29 is 4.74 Å². The van der Waals surface area contributed by atoms with Crippen LogP contribution in [0.3, 0.4) is 0 Å². The molecule has 0 saturated heterocycles. The highest BCUT2D eigenvalue weighted by atomic mass is 32.1. The molecule has 1 atom stereocenters. The summed E-state index contributed by atoms with van der Waals surface area (Å²) in [5, 5.41) is 6.82. The molecule has 0 aliphatic heterocycles. The number of nitrogens with one attached hydrogen (secondary N) is 2. The van der Waals surface area contributed by atoms with E-state index in [4.69, 9.17) is 4.74 Å². The minimum atomic E-state index is 0.372. The Morgan fingerprint density at radius 2 is 2.26 bits per heavy atom. The molecule has 4 nitrogen and oxygen atoms in total. The van der Waals surface area contributed by atoms with Gasteiger partial charge in [0.2, 0.25) is 0 Å². The molecular formula is C18H31N3OS. The van der Waals surface area contributed by atoms with Crippen molar-refractivity contribution in [3.8, 4) is 0 Å². The van der Waals surface area contributed by atoms with E-state index in [1.54, 1.807) is 0 Å². The molecule has 0 aromatic carbocycles. The van der Waals surface area contributed by atoms with E-state index in [-0.39, 0.29) is 0 Å². The van der Waals surface area contributed by atoms with Gasteiger partial charge in [0.15, 0.2) is 5.96 Å². The highest BCUT2D eigenvalue weighted by Crippen LogP contribution is 2.28. The molecule has 1 fully saturated rings. The Hall–Kier alpha value is -1.07. The second-order valence-corrected chi connectivity index (χ2v) is 7.77. The molecule has 0 spiro atoms. The third-order valence-electron chi connectivity index (χ3n) is 3.80. The number of nitrogens with zero attached hydrogens (tertiary/aromatic N) is 1. The van der Waals surface area contributed by atoms with Crippen molar-refractivity contribution in [3.05, 3.63) is 21.9 Å². The number of aryl methyl sites for hydroxylation is 1. The Morgan fingerprint density at radius 3 is 2.91 bits per heavy atom. The summed E-state index contributed by atoms with van der Waals surface area (Å²) in [6.07, 6.45) is 4.73. The predicted molar refractivity (Wildman–Crippen MR) is 99.5 cm³/mol. The van der Waals surface area contributed by atoms with Gasteiger partial charge in [-0.15, -0.1) is 11.3 Å². The topological polar surface area (TPSA) is 45.7 Å². The summed E-state index contributed by atoms with van der Waals surface area (Å²) in [7, 11) is 0. The molecule has 130 valence electrons. The average Bonchev–Trinajstić information content (AvgIpc) is 3.24. The fraction of sp³-hybridized carbons (Fsp3) is 0.722. The van der Waals surface area contributed by atoms with E-state index in [0.717, 1.165) is 51.0 Å².